The van der Waals surface area contributed by atoms with E-state index in [1.807, 2.05) is 0 Å². The maximum atomic E-state index is 10.7. The standard InChI is InChI=1S/C9H12N2O3/c1-6-3-2-4-7(8(10)5-12)9(6)11(13)14/h2-4,8,12H,5,10H2,1H3. The van der Waals surface area contributed by atoms with Crippen molar-refractivity contribution in [3.8, 4) is 0 Å². The zero-order valence-corrected chi connectivity index (χ0v) is 7.80. The Bertz CT molecular complexity index is 352. The Labute approximate surface area is 81.3 Å². The third-order valence-corrected chi connectivity index (χ3v) is 2.05. The molecular weight excluding hydrogens is 184 g/mol. The molecule has 0 aliphatic rings. The molecule has 0 saturated heterocycles. The van der Waals surface area contributed by atoms with Gasteiger partial charge in [0.15, 0.2) is 0 Å². The van der Waals surface area contributed by atoms with Crippen molar-refractivity contribution in [1.29, 1.82) is 0 Å². The maximum absolute atomic E-state index is 10.7. The second-order valence-corrected chi connectivity index (χ2v) is 3.06. The molecule has 0 aromatic heterocycles. The summed E-state index contributed by atoms with van der Waals surface area (Å²) in [5.74, 6) is 0. The first-order valence-corrected chi connectivity index (χ1v) is 4.18. The maximum Gasteiger partial charge on any atom is 0.277 e. The summed E-state index contributed by atoms with van der Waals surface area (Å²) in [7, 11) is 0. The fourth-order valence-electron chi connectivity index (χ4n) is 1.33. The van der Waals surface area contributed by atoms with Crippen molar-refractivity contribution in [1.82, 2.24) is 0 Å². The van der Waals surface area contributed by atoms with Crippen LogP contribution in [0.15, 0.2) is 18.2 Å². The summed E-state index contributed by atoms with van der Waals surface area (Å²) in [6.07, 6.45) is 0. The highest BCUT2D eigenvalue weighted by molar-refractivity contribution is 5.48. The first-order valence-electron chi connectivity index (χ1n) is 4.18. The molecular formula is C9H12N2O3. The van der Waals surface area contributed by atoms with Gasteiger partial charge in [-0.15, -0.1) is 0 Å². The minimum atomic E-state index is -0.699. The van der Waals surface area contributed by atoms with Gasteiger partial charge in [0.1, 0.15) is 0 Å². The molecule has 14 heavy (non-hydrogen) atoms. The molecule has 1 aromatic rings. The molecule has 76 valence electrons. The minimum Gasteiger partial charge on any atom is -0.394 e. The zero-order chi connectivity index (χ0) is 10.7. The summed E-state index contributed by atoms with van der Waals surface area (Å²) in [6.45, 7) is 1.34. The number of hydrogen-bond acceptors (Lipinski definition) is 4. The Morgan fingerprint density at radius 3 is 2.79 bits per heavy atom. The average Bonchev–Trinajstić information content (AvgIpc) is 2.15. The van der Waals surface area contributed by atoms with Gasteiger partial charge in [0.25, 0.3) is 5.69 Å². The van der Waals surface area contributed by atoms with Crippen molar-refractivity contribution in [2.45, 2.75) is 13.0 Å². The molecule has 1 atom stereocenters. The van der Waals surface area contributed by atoms with Crippen LogP contribution >= 0.6 is 0 Å². The van der Waals surface area contributed by atoms with Crippen LogP contribution in [0.4, 0.5) is 5.69 Å². The lowest BCUT2D eigenvalue weighted by molar-refractivity contribution is -0.386. The van der Waals surface area contributed by atoms with Gasteiger partial charge in [-0.25, -0.2) is 0 Å². The molecule has 0 saturated carbocycles. The topological polar surface area (TPSA) is 89.4 Å². The van der Waals surface area contributed by atoms with E-state index in [0.29, 0.717) is 11.1 Å². The van der Waals surface area contributed by atoms with Crippen LogP contribution in [0, 0.1) is 17.0 Å². The normalized spacial score (nSPS) is 12.5. The third kappa shape index (κ3) is 1.89. The first kappa shape index (κ1) is 10.6. The van der Waals surface area contributed by atoms with Crippen molar-refractivity contribution in [3.05, 3.63) is 39.4 Å². The van der Waals surface area contributed by atoms with E-state index in [9.17, 15) is 10.1 Å². The van der Waals surface area contributed by atoms with Crippen LogP contribution in [-0.4, -0.2) is 16.6 Å². The van der Waals surface area contributed by atoms with Crippen LogP contribution < -0.4 is 5.73 Å². The van der Waals surface area contributed by atoms with Crippen LogP contribution in [-0.2, 0) is 0 Å². The van der Waals surface area contributed by atoms with E-state index in [1.54, 1.807) is 25.1 Å². The van der Waals surface area contributed by atoms with E-state index in [1.165, 1.54) is 0 Å². The second kappa shape index (κ2) is 4.17. The van der Waals surface area contributed by atoms with E-state index in [4.69, 9.17) is 10.8 Å². The van der Waals surface area contributed by atoms with E-state index in [0.717, 1.165) is 0 Å². The van der Waals surface area contributed by atoms with Crippen molar-refractivity contribution in [3.63, 3.8) is 0 Å². The number of aliphatic hydroxyl groups is 1. The number of nitrogens with zero attached hydrogens (tertiary/aromatic N) is 1. The molecule has 0 aliphatic carbocycles. The molecule has 0 radical (unpaired) electrons. The monoisotopic (exact) mass is 196 g/mol. The molecule has 0 fully saturated rings. The summed E-state index contributed by atoms with van der Waals surface area (Å²) in [5, 5.41) is 19.6. The summed E-state index contributed by atoms with van der Waals surface area (Å²) in [6, 6.07) is 4.19. The van der Waals surface area contributed by atoms with Crippen molar-refractivity contribution in [2.75, 3.05) is 6.61 Å². The highest BCUT2D eigenvalue weighted by Crippen LogP contribution is 2.26. The lowest BCUT2D eigenvalue weighted by Gasteiger charge is -2.09. The number of rotatable bonds is 3. The Balaban J connectivity index is 3.28. The van der Waals surface area contributed by atoms with Gasteiger partial charge in [-0.3, -0.25) is 10.1 Å². The summed E-state index contributed by atoms with van der Waals surface area (Å²) >= 11 is 0. The number of nitrogens with two attached hydrogens (primary N) is 1. The van der Waals surface area contributed by atoms with Gasteiger partial charge in [0.05, 0.1) is 17.6 Å². The summed E-state index contributed by atoms with van der Waals surface area (Å²) in [4.78, 5) is 10.3. The Kier molecular flexibility index (Phi) is 3.16. The molecule has 0 heterocycles. The lowest BCUT2D eigenvalue weighted by atomic mass is 10.0. The van der Waals surface area contributed by atoms with Gasteiger partial charge in [-0.1, -0.05) is 18.2 Å². The van der Waals surface area contributed by atoms with Crippen LogP contribution in [0.2, 0.25) is 0 Å². The zero-order valence-electron chi connectivity index (χ0n) is 7.80. The van der Waals surface area contributed by atoms with Crippen LogP contribution in [0.1, 0.15) is 17.2 Å². The first-order chi connectivity index (χ1) is 6.57. The molecule has 3 N–H and O–H groups in total. The molecule has 1 unspecified atom stereocenters. The smallest absolute Gasteiger partial charge is 0.277 e. The quantitative estimate of drug-likeness (QED) is 0.555. The van der Waals surface area contributed by atoms with Gasteiger partial charge in [0, 0.05) is 11.1 Å². The molecule has 1 aromatic carbocycles. The molecule has 5 heteroatoms. The minimum absolute atomic E-state index is 0.00551. The summed E-state index contributed by atoms with van der Waals surface area (Å²) < 4.78 is 0. The molecule has 5 nitrogen and oxygen atoms in total. The number of benzene rings is 1. The van der Waals surface area contributed by atoms with Gasteiger partial charge in [-0.05, 0) is 6.92 Å². The second-order valence-electron chi connectivity index (χ2n) is 3.06. The molecule has 1 rings (SSSR count). The van der Waals surface area contributed by atoms with Gasteiger partial charge in [-0.2, -0.15) is 0 Å². The van der Waals surface area contributed by atoms with E-state index in [2.05, 4.69) is 0 Å². The largest absolute Gasteiger partial charge is 0.394 e. The van der Waals surface area contributed by atoms with Crippen LogP contribution in [0.25, 0.3) is 0 Å². The Hall–Kier alpha value is -1.46. The number of aryl methyl sites for hydroxylation is 1. The van der Waals surface area contributed by atoms with Gasteiger partial charge >= 0.3 is 0 Å². The van der Waals surface area contributed by atoms with E-state index >= 15 is 0 Å². The van der Waals surface area contributed by atoms with Crippen molar-refractivity contribution < 1.29 is 10.0 Å². The van der Waals surface area contributed by atoms with E-state index in [-0.39, 0.29) is 12.3 Å². The number of nitro groups is 1. The average molecular weight is 196 g/mol. The SMILES string of the molecule is Cc1cccc(C(N)CO)c1[N+](=O)[O-]. The molecule has 0 aliphatic heterocycles. The number of nitro benzene ring substituents is 1. The van der Waals surface area contributed by atoms with Gasteiger partial charge < -0.3 is 10.8 Å². The lowest BCUT2D eigenvalue weighted by Crippen LogP contribution is -2.16. The Morgan fingerprint density at radius 2 is 2.29 bits per heavy atom. The highest BCUT2D eigenvalue weighted by atomic mass is 16.6. The van der Waals surface area contributed by atoms with Crippen LogP contribution in [0.5, 0.6) is 0 Å². The predicted molar refractivity (Wildman–Crippen MR) is 51.8 cm³/mol. The highest BCUT2D eigenvalue weighted by Gasteiger charge is 2.20. The van der Waals surface area contributed by atoms with Crippen molar-refractivity contribution >= 4 is 5.69 Å². The summed E-state index contributed by atoms with van der Waals surface area (Å²) in [5.41, 5.74) is 6.47. The molecule has 0 bridgehead atoms. The predicted octanol–water partition coefficient (Wildman–Crippen LogP) is 0.895. The fraction of sp³-hybridized carbons (Fsp3) is 0.333. The van der Waals surface area contributed by atoms with E-state index < -0.39 is 11.0 Å². The molecule has 0 amide bonds. The fourth-order valence-corrected chi connectivity index (χ4v) is 1.33. The number of para-hydroxylation sites is 1. The Morgan fingerprint density at radius 1 is 1.64 bits per heavy atom. The van der Waals surface area contributed by atoms with Crippen LogP contribution in [0.3, 0.4) is 0 Å². The third-order valence-electron chi connectivity index (χ3n) is 2.05. The molecule has 0 spiro atoms. The number of aliphatic hydroxyl groups excluding tert-OH is 1. The number of hydrogen-bond donors (Lipinski definition) is 2. The van der Waals surface area contributed by atoms with Gasteiger partial charge in [0.2, 0.25) is 0 Å². The van der Waals surface area contributed by atoms with Crippen molar-refractivity contribution in [2.24, 2.45) is 5.73 Å².